The van der Waals surface area contributed by atoms with Crippen LogP contribution in [0.25, 0.3) is 0 Å². The number of carboxylic acids is 1. The van der Waals surface area contributed by atoms with E-state index >= 15 is 0 Å². The maximum absolute atomic E-state index is 10.8. The van der Waals surface area contributed by atoms with Gasteiger partial charge in [-0.05, 0) is 30.2 Å². The Hall–Kier alpha value is -1.06. The molecule has 0 aliphatic heterocycles. The summed E-state index contributed by atoms with van der Waals surface area (Å²) in [7, 11) is 0. The molecule has 0 heterocycles. The molecule has 0 aliphatic carbocycles. The van der Waals surface area contributed by atoms with Gasteiger partial charge in [0.2, 0.25) is 0 Å². The van der Waals surface area contributed by atoms with Crippen molar-refractivity contribution in [3.63, 3.8) is 0 Å². The van der Waals surface area contributed by atoms with Crippen LogP contribution >= 0.6 is 11.6 Å². The van der Waals surface area contributed by atoms with Crippen LogP contribution in [0.15, 0.2) is 18.2 Å². The molecule has 3 nitrogen and oxygen atoms in total. The predicted octanol–water partition coefficient (Wildman–Crippen LogP) is 1.81. The van der Waals surface area contributed by atoms with E-state index in [0.29, 0.717) is 10.6 Å². The molecule has 0 aromatic heterocycles. The Balaban J connectivity index is 3.10. The molecule has 0 bridgehead atoms. The van der Waals surface area contributed by atoms with Gasteiger partial charge in [0.1, 0.15) is 5.92 Å². The van der Waals surface area contributed by atoms with Crippen molar-refractivity contribution in [2.75, 3.05) is 6.61 Å². The van der Waals surface area contributed by atoms with Crippen molar-refractivity contribution in [3.05, 3.63) is 34.3 Å². The SMILES string of the molecule is Cc1cc(Cl)cc([C@H](CO)C(=O)O)c1. The molecule has 4 heteroatoms. The van der Waals surface area contributed by atoms with Gasteiger partial charge >= 0.3 is 5.97 Å². The van der Waals surface area contributed by atoms with Crippen LogP contribution in [0.4, 0.5) is 0 Å². The minimum absolute atomic E-state index is 0.422. The van der Waals surface area contributed by atoms with E-state index in [0.717, 1.165) is 5.56 Å². The van der Waals surface area contributed by atoms with Crippen molar-refractivity contribution in [2.45, 2.75) is 12.8 Å². The molecule has 14 heavy (non-hydrogen) atoms. The number of aliphatic carboxylic acids is 1. The highest BCUT2D eigenvalue weighted by Gasteiger charge is 2.19. The standard InChI is InChI=1S/C10H11ClO3/c1-6-2-7(4-8(11)3-6)9(5-12)10(13)14/h2-4,9,12H,5H2,1H3,(H,13,14)/t9-/m0/s1. The summed E-state index contributed by atoms with van der Waals surface area (Å²) in [5.74, 6) is -1.94. The van der Waals surface area contributed by atoms with Gasteiger partial charge in [-0.1, -0.05) is 17.7 Å². The second kappa shape index (κ2) is 4.44. The van der Waals surface area contributed by atoms with Crippen LogP contribution < -0.4 is 0 Å². The van der Waals surface area contributed by atoms with Gasteiger partial charge in [-0.25, -0.2) is 0 Å². The maximum Gasteiger partial charge on any atom is 0.313 e. The Morgan fingerprint density at radius 2 is 2.14 bits per heavy atom. The number of aliphatic hydroxyl groups excluding tert-OH is 1. The van der Waals surface area contributed by atoms with E-state index in [1.54, 1.807) is 18.2 Å². The minimum atomic E-state index is -1.05. The third-order valence-electron chi connectivity index (χ3n) is 1.95. The molecule has 1 aromatic carbocycles. The first kappa shape index (κ1) is 11.0. The summed E-state index contributed by atoms with van der Waals surface area (Å²) in [6.45, 7) is 1.40. The van der Waals surface area contributed by atoms with Crippen molar-refractivity contribution >= 4 is 17.6 Å². The molecule has 2 N–H and O–H groups in total. The summed E-state index contributed by atoms with van der Waals surface area (Å²) in [4.78, 5) is 10.8. The molecule has 0 unspecified atom stereocenters. The number of halogens is 1. The number of hydrogen-bond donors (Lipinski definition) is 2. The lowest BCUT2D eigenvalue weighted by Crippen LogP contribution is -2.15. The van der Waals surface area contributed by atoms with Gasteiger partial charge < -0.3 is 10.2 Å². The van der Waals surface area contributed by atoms with Gasteiger partial charge in [-0.15, -0.1) is 0 Å². The van der Waals surface area contributed by atoms with Crippen LogP contribution in [0.1, 0.15) is 17.0 Å². The van der Waals surface area contributed by atoms with E-state index in [4.69, 9.17) is 21.8 Å². The Morgan fingerprint density at radius 3 is 2.57 bits per heavy atom. The summed E-state index contributed by atoms with van der Waals surface area (Å²) in [5.41, 5.74) is 1.41. The first-order chi connectivity index (χ1) is 6.54. The zero-order chi connectivity index (χ0) is 10.7. The summed E-state index contributed by atoms with van der Waals surface area (Å²) in [5, 5.41) is 18.2. The second-order valence-electron chi connectivity index (χ2n) is 3.14. The molecule has 1 aromatic rings. The van der Waals surface area contributed by atoms with E-state index < -0.39 is 18.5 Å². The quantitative estimate of drug-likeness (QED) is 0.807. The minimum Gasteiger partial charge on any atom is -0.481 e. The fraction of sp³-hybridized carbons (Fsp3) is 0.300. The van der Waals surface area contributed by atoms with Crippen LogP contribution in [0.5, 0.6) is 0 Å². The van der Waals surface area contributed by atoms with Crippen LogP contribution in [0.3, 0.4) is 0 Å². The Kier molecular flexibility index (Phi) is 3.49. The van der Waals surface area contributed by atoms with Gasteiger partial charge in [0.25, 0.3) is 0 Å². The first-order valence-electron chi connectivity index (χ1n) is 4.15. The van der Waals surface area contributed by atoms with E-state index in [9.17, 15) is 4.79 Å². The summed E-state index contributed by atoms with van der Waals surface area (Å²) >= 11 is 5.78. The van der Waals surface area contributed by atoms with Gasteiger partial charge in [0.15, 0.2) is 0 Å². The van der Waals surface area contributed by atoms with Gasteiger partial charge in [0, 0.05) is 5.02 Å². The van der Waals surface area contributed by atoms with Crippen molar-refractivity contribution < 1.29 is 15.0 Å². The Bertz CT molecular complexity index is 329. The number of rotatable bonds is 3. The molecule has 1 rings (SSSR count). The van der Waals surface area contributed by atoms with E-state index in [2.05, 4.69) is 0 Å². The molecular weight excluding hydrogens is 204 g/mol. The van der Waals surface area contributed by atoms with Crippen molar-refractivity contribution in [1.82, 2.24) is 0 Å². The largest absolute Gasteiger partial charge is 0.481 e. The molecule has 1 atom stereocenters. The lowest BCUT2D eigenvalue weighted by Gasteiger charge is -2.10. The monoisotopic (exact) mass is 214 g/mol. The average Bonchev–Trinajstić information content (AvgIpc) is 2.02. The molecule has 76 valence electrons. The smallest absolute Gasteiger partial charge is 0.313 e. The van der Waals surface area contributed by atoms with Crippen LogP contribution in [-0.4, -0.2) is 22.8 Å². The van der Waals surface area contributed by atoms with Crippen LogP contribution in [0.2, 0.25) is 5.02 Å². The molecule has 0 saturated carbocycles. The van der Waals surface area contributed by atoms with Gasteiger partial charge in [0.05, 0.1) is 6.61 Å². The lowest BCUT2D eigenvalue weighted by molar-refractivity contribution is -0.139. The number of aliphatic hydroxyl groups is 1. The van der Waals surface area contributed by atoms with Crippen LogP contribution in [-0.2, 0) is 4.79 Å². The highest BCUT2D eigenvalue weighted by Crippen LogP contribution is 2.21. The summed E-state index contributed by atoms with van der Waals surface area (Å²) < 4.78 is 0. The molecule has 0 aliphatic rings. The normalized spacial score (nSPS) is 12.5. The predicted molar refractivity (Wildman–Crippen MR) is 53.7 cm³/mol. The average molecular weight is 215 g/mol. The lowest BCUT2D eigenvalue weighted by atomic mass is 9.98. The van der Waals surface area contributed by atoms with Crippen molar-refractivity contribution in [2.24, 2.45) is 0 Å². The number of carboxylic acid groups (broad SMARTS) is 1. The number of hydrogen-bond acceptors (Lipinski definition) is 2. The first-order valence-corrected chi connectivity index (χ1v) is 4.53. The fourth-order valence-electron chi connectivity index (χ4n) is 1.29. The number of carbonyl (C=O) groups is 1. The third kappa shape index (κ3) is 2.47. The van der Waals surface area contributed by atoms with E-state index in [-0.39, 0.29) is 0 Å². The zero-order valence-electron chi connectivity index (χ0n) is 7.70. The highest BCUT2D eigenvalue weighted by molar-refractivity contribution is 6.30. The van der Waals surface area contributed by atoms with Gasteiger partial charge in [-0.2, -0.15) is 0 Å². The molecule has 0 amide bonds. The van der Waals surface area contributed by atoms with E-state index in [1.165, 1.54) is 0 Å². The summed E-state index contributed by atoms with van der Waals surface area (Å²) in [6, 6.07) is 5.01. The molecule has 0 spiro atoms. The molecule has 0 fully saturated rings. The maximum atomic E-state index is 10.8. The Morgan fingerprint density at radius 1 is 1.50 bits per heavy atom. The second-order valence-corrected chi connectivity index (χ2v) is 3.57. The van der Waals surface area contributed by atoms with Gasteiger partial charge in [-0.3, -0.25) is 4.79 Å². The number of aryl methyl sites for hydroxylation is 1. The van der Waals surface area contributed by atoms with Crippen molar-refractivity contribution in [3.8, 4) is 0 Å². The third-order valence-corrected chi connectivity index (χ3v) is 2.17. The highest BCUT2D eigenvalue weighted by atomic mass is 35.5. The molecule has 0 radical (unpaired) electrons. The molecule has 0 saturated heterocycles. The number of benzene rings is 1. The fourth-order valence-corrected chi connectivity index (χ4v) is 1.59. The Labute approximate surface area is 86.9 Å². The topological polar surface area (TPSA) is 57.5 Å². The van der Waals surface area contributed by atoms with Crippen LogP contribution in [0, 0.1) is 6.92 Å². The summed E-state index contributed by atoms with van der Waals surface area (Å²) in [6.07, 6.45) is 0. The van der Waals surface area contributed by atoms with E-state index in [1.807, 2.05) is 6.92 Å². The van der Waals surface area contributed by atoms with Crippen molar-refractivity contribution in [1.29, 1.82) is 0 Å². The zero-order valence-corrected chi connectivity index (χ0v) is 8.45. The molecular formula is C10H11ClO3.